The molecule has 8 aliphatic rings. The molecular formula is C54H92O23. The zero-order chi connectivity index (χ0) is 56.8. The van der Waals surface area contributed by atoms with E-state index < -0.39 is 206 Å². The highest BCUT2D eigenvalue weighted by molar-refractivity contribution is 5.22. The van der Waals surface area contributed by atoms with Crippen molar-refractivity contribution in [1.29, 1.82) is 0 Å². The number of hydrogen-bond donors (Lipinski definition) is 15. The summed E-state index contributed by atoms with van der Waals surface area (Å²) < 4.78 is 49.8. The van der Waals surface area contributed by atoms with Crippen molar-refractivity contribution in [2.24, 2.45) is 45.3 Å². The molecule has 77 heavy (non-hydrogen) atoms. The summed E-state index contributed by atoms with van der Waals surface area (Å²) in [5.41, 5.74) is -2.90. The third-order valence-electron chi connectivity index (χ3n) is 20.8. The lowest BCUT2D eigenvalue weighted by molar-refractivity contribution is -0.382. The van der Waals surface area contributed by atoms with Crippen molar-refractivity contribution in [1.82, 2.24) is 0 Å². The van der Waals surface area contributed by atoms with E-state index in [1.54, 1.807) is 0 Å². The monoisotopic (exact) mass is 1110 g/mol. The van der Waals surface area contributed by atoms with E-state index in [4.69, 9.17) is 37.9 Å². The van der Waals surface area contributed by atoms with Gasteiger partial charge in [-0.1, -0.05) is 46.3 Å². The molecule has 8 fully saturated rings. The average Bonchev–Trinajstić information content (AvgIpc) is 3.86. The molecule has 4 aliphatic heterocycles. The van der Waals surface area contributed by atoms with E-state index in [2.05, 4.69) is 26.8 Å². The number of aliphatic hydroxyl groups is 15. The molecule has 446 valence electrons. The predicted molar refractivity (Wildman–Crippen MR) is 266 cm³/mol. The van der Waals surface area contributed by atoms with E-state index in [-0.39, 0.29) is 5.92 Å². The Morgan fingerprint density at radius 2 is 1.17 bits per heavy atom. The molecule has 4 aliphatic carbocycles. The van der Waals surface area contributed by atoms with Gasteiger partial charge in [0, 0.05) is 0 Å². The quantitative estimate of drug-likeness (QED) is 0.0611. The maximum absolute atomic E-state index is 12.9. The van der Waals surface area contributed by atoms with Crippen LogP contribution in [-0.2, 0) is 37.9 Å². The van der Waals surface area contributed by atoms with Gasteiger partial charge in [0.25, 0.3) is 0 Å². The number of aliphatic hydroxyl groups excluding tert-OH is 15. The number of ether oxygens (including phenoxy) is 8. The van der Waals surface area contributed by atoms with E-state index in [1.165, 1.54) is 6.92 Å². The first-order chi connectivity index (χ1) is 35.9. The molecule has 31 atom stereocenters. The van der Waals surface area contributed by atoms with Gasteiger partial charge >= 0.3 is 0 Å². The molecule has 0 bridgehead atoms. The highest BCUT2D eigenvalue weighted by Crippen LogP contribution is 2.76. The molecule has 4 saturated carbocycles. The van der Waals surface area contributed by atoms with Gasteiger partial charge in [0.2, 0.25) is 0 Å². The van der Waals surface area contributed by atoms with Crippen LogP contribution in [0.5, 0.6) is 0 Å². The Kier molecular flexibility index (Phi) is 18.6. The van der Waals surface area contributed by atoms with Crippen LogP contribution in [0.25, 0.3) is 0 Å². The van der Waals surface area contributed by atoms with Crippen LogP contribution in [0.2, 0.25) is 0 Å². The average molecular weight is 1110 g/mol. The van der Waals surface area contributed by atoms with Crippen LogP contribution in [0.1, 0.15) is 114 Å². The maximum atomic E-state index is 12.9. The van der Waals surface area contributed by atoms with Gasteiger partial charge in [-0.05, 0) is 124 Å². The highest BCUT2D eigenvalue weighted by atomic mass is 16.8. The molecule has 0 aromatic heterocycles. The minimum atomic E-state index is -1.81. The summed E-state index contributed by atoms with van der Waals surface area (Å²) in [6.07, 6.45) is -28.4. The fourth-order valence-electron chi connectivity index (χ4n) is 16.3. The Hall–Kier alpha value is -1.18. The van der Waals surface area contributed by atoms with Crippen LogP contribution >= 0.6 is 0 Å². The molecule has 15 N–H and O–H groups in total. The molecule has 0 aromatic carbocycles. The summed E-state index contributed by atoms with van der Waals surface area (Å²) in [4.78, 5) is 0. The summed E-state index contributed by atoms with van der Waals surface area (Å²) >= 11 is 0. The highest BCUT2D eigenvalue weighted by Gasteiger charge is 2.74. The topological polar surface area (TPSA) is 377 Å². The zero-order valence-corrected chi connectivity index (χ0v) is 45.9. The first-order valence-corrected chi connectivity index (χ1v) is 27.8. The number of fused-ring (bicyclic) bond motifs is 5. The standard InChI is InChI=1S/C54H92O23/c1-22(2)11-10-14-54(9,77-48-43(69)39(65)36(62)29(75-48)21-70-46-41(67)38(64)34(60)27(19-55)73-46)24-12-16-52(7)32(24)25(57)17-30-51(6)15-13-31(58)50(4,5)45(51)26(18-53(30,52)8)72-49-44(40(66)35(61)28(20-56)74-49)76-47-42(68)37(63)33(59)23(3)71-47/h11,23-49,55-69H,10,12-21H2,1-9H3/t23-,24-,25+,26-,27+,28+,29+,30+,31-,32-,33-,34+,35+,36+,37+,38-,39-,40-,41+,42+,43+,44+,45-,46+,47+,48-,49+,51+,52+,53+,54-/m0/s1. The maximum Gasteiger partial charge on any atom is 0.187 e. The number of allylic oxidation sites excluding steroid dienone is 2. The molecule has 0 unspecified atom stereocenters. The lowest BCUT2D eigenvalue weighted by atomic mass is 9.34. The van der Waals surface area contributed by atoms with Crippen molar-refractivity contribution < 1.29 is 114 Å². The van der Waals surface area contributed by atoms with Gasteiger partial charge in [0.15, 0.2) is 25.2 Å². The molecule has 0 spiro atoms. The zero-order valence-electron chi connectivity index (χ0n) is 45.9. The lowest BCUT2D eigenvalue weighted by Crippen LogP contribution is -2.71. The van der Waals surface area contributed by atoms with Crippen LogP contribution in [0, 0.1) is 45.3 Å². The van der Waals surface area contributed by atoms with Crippen LogP contribution in [0.15, 0.2) is 11.6 Å². The Balaban J connectivity index is 1.11. The van der Waals surface area contributed by atoms with Crippen LogP contribution in [0.4, 0.5) is 0 Å². The molecule has 8 rings (SSSR count). The van der Waals surface area contributed by atoms with Gasteiger partial charge < -0.3 is 114 Å². The first kappa shape index (κ1) is 61.9. The van der Waals surface area contributed by atoms with Crippen LogP contribution in [0.3, 0.4) is 0 Å². The van der Waals surface area contributed by atoms with Crippen molar-refractivity contribution >= 4 is 0 Å². The Labute approximate surface area is 450 Å². The van der Waals surface area contributed by atoms with Crippen molar-refractivity contribution in [2.45, 2.75) is 260 Å². The molecule has 23 nitrogen and oxygen atoms in total. The second-order valence-corrected chi connectivity index (χ2v) is 25.9. The summed E-state index contributed by atoms with van der Waals surface area (Å²) in [7, 11) is 0. The normalized spacial score (nSPS) is 53.6. The fourth-order valence-corrected chi connectivity index (χ4v) is 16.3. The molecular weight excluding hydrogens is 1020 g/mol. The first-order valence-electron chi connectivity index (χ1n) is 27.8. The van der Waals surface area contributed by atoms with Gasteiger partial charge in [0.1, 0.15) is 91.6 Å². The Morgan fingerprint density at radius 3 is 1.79 bits per heavy atom. The number of rotatable bonds is 15. The van der Waals surface area contributed by atoms with E-state index in [0.717, 1.165) is 5.57 Å². The van der Waals surface area contributed by atoms with Gasteiger partial charge in [-0.3, -0.25) is 0 Å². The number of hydrogen-bond acceptors (Lipinski definition) is 23. The van der Waals surface area contributed by atoms with Gasteiger partial charge in [-0.25, -0.2) is 0 Å². The lowest BCUT2D eigenvalue weighted by Gasteiger charge is -2.72. The molecule has 4 saturated heterocycles. The summed E-state index contributed by atoms with van der Waals surface area (Å²) in [5.74, 6) is -1.45. The summed E-state index contributed by atoms with van der Waals surface area (Å²) in [5, 5.41) is 165. The Morgan fingerprint density at radius 1 is 0.610 bits per heavy atom. The van der Waals surface area contributed by atoms with Crippen molar-refractivity contribution in [3.63, 3.8) is 0 Å². The smallest absolute Gasteiger partial charge is 0.187 e. The SMILES string of the molecule is CC(C)=CCC[C@](C)(O[C@@H]1O[C@H](CO[C@@H]2O[C@H](CO)[C@@H](O)[C@H](O)[C@H]2O)[C@@H](O)[C@H](O)[C@H]1O)[C@H]1CC[C@]2(C)[C@@H]1[C@H](O)C[C@@H]1[C@@]3(C)CC[C@H](O)C(C)(C)[C@@H]3[C@@H](O[C@@H]3O[C@H](CO)[C@@H](O)[C@H](O)[C@H]3O[C@H]3O[C@@H](C)[C@H](O)[C@@H](O)[C@H]3O)C[C@]12C. The Bertz CT molecular complexity index is 2010. The fraction of sp³-hybridized carbons (Fsp3) is 0.963. The third-order valence-corrected chi connectivity index (χ3v) is 20.8. The summed E-state index contributed by atoms with van der Waals surface area (Å²) in [6.45, 7) is 15.9. The van der Waals surface area contributed by atoms with E-state index >= 15 is 0 Å². The second kappa shape index (κ2) is 23.1. The van der Waals surface area contributed by atoms with Gasteiger partial charge in [0.05, 0.1) is 49.8 Å². The van der Waals surface area contributed by atoms with E-state index in [0.29, 0.717) is 51.4 Å². The third kappa shape index (κ3) is 10.8. The van der Waals surface area contributed by atoms with E-state index in [9.17, 15) is 76.6 Å². The minimum absolute atomic E-state index is 0.152. The van der Waals surface area contributed by atoms with Crippen LogP contribution in [-0.4, -0.2) is 243 Å². The summed E-state index contributed by atoms with van der Waals surface area (Å²) in [6, 6.07) is 0. The van der Waals surface area contributed by atoms with Gasteiger partial charge in [-0.2, -0.15) is 0 Å². The van der Waals surface area contributed by atoms with E-state index in [1.807, 2.05) is 34.6 Å². The molecule has 0 radical (unpaired) electrons. The predicted octanol–water partition coefficient (Wildman–Crippen LogP) is -2.20. The minimum Gasteiger partial charge on any atom is -0.394 e. The van der Waals surface area contributed by atoms with Gasteiger partial charge in [-0.15, -0.1) is 0 Å². The van der Waals surface area contributed by atoms with Crippen LogP contribution < -0.4 is 0 Å². The molecule has 23 heteroatoms. The largest absolute Gasteiger partial charge is 0.394 e. The molecule has 0 amide bonds. The van der Waals surface area contributed by atoms with Crippen molar-refractivity contribution in [3.05, 3.63) is 11.6 Å². The second-order valence-electron chi connectivity index (χ2n) is 25.9. The molecule has 4 heterocycles. The molecule has 0 aromatic rings. The van der Waals surface area contributed by atoms with Crippen molar-refractivity contribution in [3.8, 4) is 0 Å². The van der Waals surface area contributed by atoms with Crippen molar-refractivity contribution in [2.75, 3.05) is 19.8 Å².